The number of non-ortho nitro benzene ring substituents is 1. The van der Waals surface area contributed by atoms with Gasteiger partial charge in [-0.05, 0) is 37.3 Å². The summed E-state index contributed by atoms with van der Waals surface area (Å²) in [5.74, 6) is -1.11. The van der Waals surface area contributed by atoms with Gasteiger partial charge in [-0.3, -0.25) is 30.6 Å². The van der Waals surface area contributed by atoms with Crippen LogP contribution in [0.4, 0.5) is 5.69 Å². The number of fused-ring (bicyclic) bond motifs is 1. The molecule has 0 radical (unpaired) electrons. The van der Waals surface area contributed by atoms with Crippen molar-refractivity contribution in [3.63, 3.8) is 0 Å². The third-order valence-corrected chi connectivity index (χ3v) is 3.71. The number of amides is 2. The van der Waals surface area contributed by atoms with Gasteiger partial charge in [0.15, 0.2) is 0 Å². The summed E-state index contributed by atoms with van der Waals surface area (Å²) < 4.78 is 1.70. The van der Waals surface area contributed by atoms with E-state index in [-0.39, 0.29) is 11.3 Å². The molecule has 2 aromatic carbocycles. The van der Waals surface area contributed by atoms with Gasteiger partial charge in [-0.15, -0.1) is 5.10 Å². The Labute approximate surface area is 146 Å². The fourth-order valence-corrected chi connectivity index (χ4v) is 2.34. The van der Waals surface area contributed by atoms with E-state index in [0.29, 0.717) is 17.6 Å². The maximum Gasteiger partial charge on any atom is 0.269 e. The number of hydrazine groups is 1. The van der Waals surface area contributed by atoms with Crippen LogP contribution in [-0.2, 0) is 6.54 Å². The van der Waals surface area contributed by atoms with Crippen LogP contribution in [0, 0.1) is 10.1 Å². The van der Waals surface area contributed by atoms with E-state index in [0.717, 1.165) is 5.52 Å². The maximum atomic E-state index is 12.2. The number of carbonyl (C=O) groups is 2. The molecule has 0 saturated heterocycles. The van der Waals surface area contributed by atoms with Gasteiger partial charge < -0.3 is 0 Å². The lowest BCUT2D eigenvalue weighted by Crippen LogP contribution is -2.41. The zero-order valence-electron chi connectivity index (χ0n) is 13.7. The molecule has 10 heteroatoms. The van der Waals surface area contributed by atoms with Crippen LogP contribution in [0.15, 0.2) is 42.5 Å². The highest BCUT2D eigenvalue weighted by molar-refractivity contribution is 6.00. The van der Waals surface area contributed by atoms with Gasteiger partial charge >= 0.3 is 0 Å². The van der Waals surface area contributed by atoms with E-state index in [1.165, 1.54) is 24.3 Å². The van der Waals surface area contributed by atoms with Gasteiger partial charge in [-0.2, -0.15) is 0 Å². The topological polar surface area (TPSA) is 132 Å². The van der Waals surface area contributed by atoms with Gasteiger partial charge in [0.25, 0.3) is 17.5 Å². The molecule has 3 rings (SSSR count). The Bertz CT molecular complexity index is 996. The average molecular weight is 354 g/mol. The predicted molar refractivity (Wildman–Crippen MR) is 91.2 cm³/mol. The molecule has 0 spiro atoms. The van der Waals surface area contributed by atoms with Crippen molar-refractivity contribution in [1.82, 2.24) is 25.8 Å². The van der Waals surface area contributed by atoms with Crippen LogP contribution >= 0.6 is 0 Å². The third-order valence-electron chi connectivity index (χ3n) is 3.71. The summed E-state index contributed by atoms with van der Waals surface area (Å²) in [4.78, 5) is 34.2. The highest BCUT2D eigenvalue weighted by Crippen LogP contribution is 2.14. The summed E-state index contributed by atoms with van der Waals surface area (Å²) in [7, 11) is 0. The second-order valence-electron chi connectivity index (χ2n) is 5.32. The first-order valence-corrected chi connectivity index (χ1v) is 7.68. The largest absolute Gasteiger partial charge is 0.269 e. The Balaban J connectivity index is 1.66. The molecule has 10 nitrogen and oxygen atoms in total. The molecule has 0 unspecified atom stereocenters. The number of nitrogens with one attached hydrogen (secondary N) is 2. The summed E-state index contributed by atoms with van der Waals surface area (Å²) in [6, 6.07) is 9.92. The molecule has 0 fully saturated rings. The molecule has 0 saturated carbocycles. The molecule has 0 aliphatic heterocycles. The van der Waals surface area contributed by atoms with E-state index in [1.807, 2.05) is 6.92 Å². The Hall–Kier alpha value is -3.82. The van der Waals surface area contributed by atoms with Crippen molar-refractivity contribution < 1.29 is 14.5 Å². The van der Waals surface area contributed by atoms with Crippen LogP contribution in [0.5, 0.6) is 0 Å². The van der Waals surface area contributed by atoms with E-state index >= 15 is 0 Å². The van der Waals surface area contributed by atoms with Crippen molar-refractivity contribution in [3.05, 3.63) is 63.7 Å². The monoisotopic (exact) mass is 354 g/mol. The van der Waals surface area contributed by atoms with Gasteiger partial charge in [0.2, 0.25) is 0 Å². The number of rotatable bonds is 4. The minimum atomic E-state index is -0.591. The van der Waals surface area contributed by atoms with Crippen LogP contribution in [-0.4, -0.2) is 31.7 Å². The van der Waals surface area contributed by atoms with Crippen LogP contribution in [0.1, 0.15) is 27.6 Å². The minimum Gasteiger partial charge on any atom is -0.267 e. The SMILES string of the molecule is CCn1nnc2cc(C(=O)NNC(=O)c3ccc([N+](=O)[O-])cc3)ccc21. The molecule has 2 N–H and O–H groups in total. The molecule has 0 atom stereocenters. The molecule has 132 valence electrons. The fraction of sp³-hybridized carbons (Fsp3) is 0.125. The Morgan fingerprint density at radius 2 is 1.69 bits per heavy atom. The van der Waals surface area contributed by atoms with Crippen LogP contribution in [0.25, 0.3) is 11.0 Å². The molecule has 1 heterocycles. The van der Waals surface area contributed by atoms with E-state index in [9.17, 15) is 19.7 Å². The Morgan fingerprint density at radius 3 is 2.31 bits per heavy atom. The molecule has 3 aromatic rings. The predicted octanol–water partition coefficient (Wildman–Crippen LogP) is 1.43. The number of benzene rings is 2. The van der Waals surface area contributed by atoms with E-state index in [1.54, 1.807) is 22.9 Å². The van der Waals surface area contributed by atoms with Crippen LogP contribution in [0.2, 0.25) is 0 Å². The van der Waals surface area contributed by atoms with Gasteiger partial charge in [0, 0.05) is 29.8 Å². The van der Waals surface area contributed by atoms with Crippen molar-refractivity contribution in [2.75, 3.05) is 0 Å². The minimum absolute atomic E-state index is 0.126. The smallest absolute Gasteiger partial charge is 0.267 e. The molecule has 2 amide bonds. The normalized spacial score (nSPS) is 10.5. The first-order chi connectivity index (χ1) is 12.5. The molecular weight excluding hydrogens is 340 g/mol. The lowest BCUT2D eigenvalue weighted by atomic mass is 10.2. The number of nitrogens with zero attached hydrogens (tertiary/aromatic N) is 4. The van der Waals surface area contributed by atoms with Gasteiger partial charge in [0.1, 0.15) is 5.52 Å². The summed E-state index contributed by atoms with van der Waals surface area (Å²) in [5, 5.41) is 18.6. The number of carbonyl (C=O) groups excluding carboxylic acids is 2. The van der Waals surface area contributed by atoms with E-state index in [4.69, 9.17) is 0 Å². The lowest BCUT2D eigenvalue weighted by Gasteiger charge is -2.07. The molecule has 26 heavy (non-hydrogen) atoms. The highest BCUT2D eigenvalue weighted by Gasteiger charge is 2.13. The number of hydrogen-bond acceptors (Lipinski definition) is 6. The lowest BCUT2D eigenvalue weighted by molar-refractivity contribution is -0.384. The second kappa shape index (κ2) is 6.97. The molecular formula is C16H14N6O4. The summed E-state index contributed by atoms with van der Waals surface area (Å²) in [6.45, 7) is 2.59. The van der Waals surface area contributed by atoms with E-state index < -0.39 is 16.7 Å². The molecule has 0 aliphatic carbocycles. The summed E-state index contributed by atoms with van der Waals surface area (Å²) >= 11 is 0. The number of nitro groups is 1. The fourth-order valence-electron chi connectivity index (χ4n) is 2.34. The highest BCUT2D eigenvalue weighted by atomic mass is 16.6. The average Bonchev–Trinajstić information content (AvgIpc) is 3.08. The second-order valence-corrected chi connectivity index (χ2v) is 5.32. The van der Waals surface area contributed by atoms with E-state index in [2.05, 4.69) is 21.2 Å². The quantitative estimate of drug-likeness (QED) is 0.538. The Morgan fingerprint density at radius 1 is 1.08 bits per heavy atom. The summed E-state index contributed by atoms with van der Waals surface area (Å²) in [6.07, 6.45) is 0. The van der Waals surface area contributed by atoms with Gasteiger partial charge in [-0.25, -0.2) is 4.68 Å². The zero-order valence-corrected chi connectivity index (χ0v) is 13.7. The first-order valence-electron chi connectivity index (χ1n) is 7.68. The third kappa shape index (κ3) is 3.34. The Kier molecular flexibility index (Phi) is 4.56. The molecule has 0 bridgehead atoms. The van der Waals surface area contributed by atoms with Crippen molar-refractivity contribution in [2.45, 2.75) is 13.5 Å². The zero-order chi connectivity index (χ0) is 18.7. The van der Waals surface area contributed by atoms with Crippen molar-refractivity contribution in [3.8, 4) is 0 Å². The standard InChI is InChI=1S/C16H14N6O4/c1-2-21-14-8-5-11(9-13(14)17-20-21)16(24)19-18-15(23)10-3-6-12(7-4-10)22(25)26/h3-9H,2H2,1H3,(H,18,23)(H,19,24). The number of aryl methyl sites for hydroxylation is 1. The maximum absolute atomic E-state index is 12.2. The summed E-state index contributed by atoms with van der Waals surface area (Å²) in [5.41, 5.74) is 6.29. The molecule has 1 aromatic heterocycles. The van der Waals surface area contributed by atoms with Crippen LogP contribution < -0.4 is 10.9 Å². The van der Waals surface area contributed by atoms with Crippen molar-refractivity contribution >= 4 is 28.5 Å². The van der Waals surface area contributed by atoms with Gasteiger partial charge in [0.05, 0.1) is 10.4 Å². The van der Waals surface area contributed by atoms with Gasteiger partial charge in [-0.1, -0.05) is 5.21 Å². The number of hydrogen-bond donors (Lipinski definition) is 2. The van der Waals surface area contributed by atoms with Crippen molar-refractivity contribution in [1.29, 1.82) is 0 Å². The van der Waals surface area contributed by atoms with Crippen LogP contribution in [0.3, 0.4) is 0 Å². The first kappa shape index (κ1) is 17.0. The molecule has 0 aliphatic rings. The number of nitro benzene ring substituents is 1. The van der Waals surface area contributed by atoms with Crippen molar-refractivity contribution in [2.24, 2.45) is 0 Å². The number of aromatic nitrogens is 3.